The summed E-state index contributed by atoms with van der Waals surface area (Å²) in [6, 6.07) is 25.5. The predicted molar refractivity (Wildman–Crippen MR) is 180 cm³/mol. The number of carbonyl (C=O) groups is 2. The van der Waals surface area contributed by atoms with Crippen molar-refractivity contribution in [3.8, 4) is 11.5 Å². The summed E-state index contributed by atoms with van der Waals surface area (Å²) >= 11 is 13.1. The highest BCUT2D eigenvalue weighted by Crippen LogP contribution is 2.36. The fourth-order valence-corrected chi connectivity index (χ4v) is 6.88. The van der Waals surface area contributed by atoms with E-state index >= 15 is 0 Å². The van der Waals surface area contributed by atoms with Gasteiger partial charge in [-0.25, -0.2) is 8.42 Å². The molecular weight excluding hydrogens is 649 g/mol. The Labute approximate surface area is 279 Å². The Morgan fingerprint density at radius 3 is 2.07 bits per heavy atom. The van der Waals surface area contributed by atoms with Crippen LogP contribution in [0.1, 0.15) is 18.1 Å². The molecule has 0 aliphatic heterocycles. The molecule has 0 aliphatic carbocycles. The van der Waals surface area contributed by atoms with Gasteiger partial charge in [0.25, 0.3) is 10.0 Å². The number of likely N-dealkylation sites (N-methyl/N-ethyl adjacent to an activating group) is 1. The van der Waals surface area contributed by atoms with Crippen LogP contribution in [0.15, 0.2) is 102 Å². The van der Waals surface area contributed by atoms with Crippen molar-refractivity contribution in [2.75, 3.05) is 31.6 Å². The molecular formula is C34H35Cl2N3O6S. The van der Waals surface area contributed by atoms with Crippen LogP contribution >= 0.6 is 23.2 Å². The molecule has 242 valence electrons. The topological polar surface area (TPSA) is 105 Å². The maximum atomic E-state index is 14.6. The van der Waals surface area contributed by atoms with Crippen molar-refractivity contribution in [1.82, 2.24) is 10.2 Å². The number of hydrogen-bond acceptors (Lipinski definition) is 6. The Morgan fingerprint density at radius 2 is 1.48 bits per heavy atom. The third-order valence-corrected chi connectivity index (χ3v) is 9.76. The molecule has 1 N–H and O–H groups in total. The fraction of sp³-hybridized carbons (Fsp3) is 0.235. The van der Waals surface area contributed by atoms with E-state index in [1.165, 1.54) is 37.3 Å². The van der Waals surface area contributed by atoms with Gasteiger partial charge < -0.3 is 19.7 Å². The lowest BCUT2D eigenvalue weighted by atomic mass is 10.0. The van der Waals surface area contributed by atoms with Crippen molar-refractivity contribution >= 4 is 50.7 Å². The second-order valence-electron chi connectivity index (χ2n) is 10.2. The summed E-state index contributed by atoms with van der Waals surface area (Å²) in [7, 11) is -1.50. The summed E-state index contributed by atoms with van der Waals surface area (Å²) in [4.78, 5) is 29.6. The second kappa shape index (κ2) is 15.8. The molecule has 1 unspecified atom stereocenters. The van der Waals surface area contributed by atoms with Crippen LogP contribution in [0.3, 0.4) is 0 Å². The molecule has 46 heavy (non-hydrogen) atoms. The van der Waals surface area contributed by atoms with Crippen molar-refractivity contribution in [2.45, 2.75) is 30.8 Å². The van der Waals surface area contributed by atoms with E-state index in [2.05, 4.69) is 5.32 Å². The number of nitrogens with zero attached hydrogens (tertiary/aromatic N) is 2. The van der Waals surface area contributed by atoms with Crippen LogP contribution in [0, 0.1) is 0 Å². The van der Waals surface area contributed by atoms with Crippen molar-refractivity contribution in [1.29, 1.82) is 0 Å². The molecule has 0 spiro atoms. The maximum absolute atomic E-state index is 14.6. The zero-order chi connectivity index (χ0) is 33.3. The van der Waals surface area contributed by atoms with Gasteiger partial charge >= 0.3 is 0 Å². The number of carbonyl (C=O) groups excluding carboxylic acids is 2. The van der Waals surface area contributed by atoms with Crippen molar-refractivity contribution < 1.29 is 27.5 Å². The highest BCUT2D eigenvalue weighted by atomic mass is 35.5. The molecule has 1 atom stereocenters. The van der Waals surface area contributed by atoms with E-state index in [1.807, 2.05) is 30.3 Å². The first-order valence-electron chi connectivity index (χ1n) is 14.4. The maximum Gasteiger partial charge on any atom is 0.264 e. The van der Waals surface area contributed by atoms with Crippen LogP contribution in [0.5, 0.6) is 11.5 Å². The molecule has 0 saturated carbocycles. The largest absolute Gasteiger partial charge is 0.497 e. The first kappa shape index (κ1) is 34.6. The molecule has 12 heteroatoms. The van der Waals surface area contributed by atoms with Gasteiger partial charge in [0.1, 0.15) is 24.1 Å². The highest BCUT2D eigenvalue weighted by Gasteiger charge is 2.36. The molecule has 0 heterocycles. The monoisotopic (exact) mass is 683 g/mol. The molecule has 0 fully saturated rings. The van der Waals surface area contributed by atoms with E-state index < -0.39 is 34.4 Å². The number of benzene rings is 4. The summed E-state index contributed by atoms with van der Waals surface area (Å²) in [6.07, 6.45) is 0.147. The van der Waals surface area contributed by atoms with Gasteiger partial charge in [-0.3, -0.25) is 13.9 Å². The number of halogens is 2. The van der Waals surface area contributed by atoms with E-state index in [0.29, 0.717) is 27.9 Å². The van der Waals surface area contributed by atoms with Crippen LogP contribution in [-0.2, 0) is 32.6 Å². The number of ether oxygens (including phenoxy) is 2. The number of anilines is 1. The van der Waals surface area contributed by atoms with Gasteiger partial charge in [-0.2, -0.15) is 0 Å². The standard InChI is InChI=1S/C34H35Cl2N3O6S/c1-4-37-34(41)31(20-24-12-7-5-8-13-24)38(22-27-28(35)16-11-17-29(27)36)33(40)23-39(46(42,43)26-14-9-6-10-15-26)30-21-25(44-2)18-19-32(30)45-3/h5-19,21,31H,4,20,22-23H2,1-3H3,(H,37,41). The molecule has 2 amide bonds. The van der Waals surface area contributed by atoms with Gasteiger partial charge in [0, 0.05) is 41.2 Å². The number of nitrogens with one attached hydrogen (secondary N) is 1. The fourth-order valence-electron chi connectivity index (χ4n) is 4.92. The average molecular weight is 685 g/mol. The van der Waals surface area contributed by atoms with Crippen molar-refractivity contribution in [3.63, 3.8) is 0 Å². The molecule has 0 aliphatic rings. The predicted octanol–water partition coefficient (Wildman–Crippen LogP) is 5.98. The third kappa shape index (κ3) is 8.12. The number of methoxy groups -OCH3 is 2. The number of sulfonamides is 1. The van der Waals surface area contributed by atoms with Crippen LogP contribution in [-0.4, -0.2) is 58.5 Å². The summed E-state index contributed by atoms with van der Waals surface area (Å²) in [5, 5.41) is 3.41. The Bertz CT molecular complexity index is 1740. The molecule has 0 aromatic heterocycles. The minimum atomic E-state index is -4.35. The molecule has 0 saturated heterocycles. The Morgan fingerprint density at radius 1 is 0.848 bits per heavy atom. The first-order chi connectivity index (χ1) is 22.1. The second-order valence-corrected chi connectivity index (χ2v) is 12.9. The van der Waals surface area contributed by atoms with Gasteiger partial charge in [-0.05, 0) is 48.9 Å². The van der Waals surface area contributed by atoms with E-state index in [1.54, 1.807) is 55.5 Å². The third-order valence-electron chi connectivity index (χ3n) is 7.28. The average Bonchev–Trinajstić information content (AvgIpc) is 3.06. The quantitative estimate of drug-likeness (QED) is 0.175. The molecule has 0 bridgehead atoms. The van der Waals surface area contributed by atoms with Crippen LogP contribution in [0.25, 0.3) is 0 Å². The van der Waals surface area contributed by atoms with E-state index in [0.717, 1.165) is 9.87 Å². The number of hydrogen-bond donors (Lipinski definition) is 1. The lowest BCUT2D eigenvalue weighted by Crippen LogP contribution is -2.53. The van der Waals surface area contributed by atoms with Crippen molar-refractivity contribution in [2.24, 2.45) is 0 Å². The van der Waals surface area contributed by atoms with Gasteiger partial charge in [-0.1, -0.05) is 77.8 Å². The van der Waals surface area contributed by atoms with E-state index in [4.69, 9.17) is 32.7 Å². The van der Waals surface area contributed by atoms with E-state index in [9.17, 15) is 18.0 Å². The smallest absolute Gasteiger partial charge is 0.264 e. The van der Waals surface area contributed by atoms with Gasteiger partial charge in [-0.15, -0.1) is 0 Å². The Hall–Kier alpha value is -4.25. The zero-order valence-corrected chi connectivity index (χ0v) is 28.0. The summed E-state index contributed by atoms with van der Waals surface area (Å²) in [5.74, 6) is -0.550. The van der Waals surface area contributed by atoms with Crippen molar-refractivity contribution in [3.05, 3.63) is 118 Å². The molecule has 4 aromatic rings. The zero-order valence-electron chi connectivity index (χ0n) is 25.7. The van der Waals surface area contributed by atoms with Gasteiger partial charge in [0.05, 0.1) is 24.8 Å². The molecule has 0 radical (unpaired) electrons. The minimum absolute atomic E-state index is 0.0436. The SMILES string of the molecule is CCNC(=O)C(Cc1ccccc1)N(Cc1c(Cl)cccc1Cl)C(=O)CN(c1cc(OC)ccc1OC)S(=O)(=O)c1ccccc1. The highest BCUT2D eigenvalue weighted by molar-refractivity contribution is 7.92. The number of rotatable bonds is 14. The summed E-state index contributed by atoms with van der Waals surface area (Å²) < 4.78 is 40.4. The van der Waals surface area contributed by atoms with Crippen LogP contribution in [0.2, 0.25) is 10.0 Å². The van der Waals surface area contributed by atoms with E-state index in [-0.39, 0.29) is 29.3 Å². The number of amides is 2. The molecule has 4 aromatic carbocycles. The van der Waals surface area contributed by atoms with Gasteiger partial charge in [0.2, 0.25) is 11.8 Å². The Balaban J connectivity index is 1.88. The van der Waals surface area contributed by atoms with Gasteiger partial charge in [0.15, 0.2) is 0 Å². The molecule has 4 rings (SSSR count). The summed E-state index contributed by atoms with van der Waals surface area (Å²) in [5.41, 5.74) is 1.29. The minimum Gasteiger partial charge on any atom is -0.497 e. The van der Waals surface area contributed by atoms with Crippen LogP contribution in [0.4, 0.5) is 5.69 Å². The Kier molecular flexibility index (Phi) is 11.9. The first-order valence-corrected chi connectivity index (χ1v) is 16.6. The summed E-state index contributed by atoms with van der Waals surface area (Å²) in [6.45, 7) is 1.24. The lowest BCUT2D eigenvalue weighted by molar-refractivity contribution is -0.140. The normalized spacial score (nSPS) is 11.8. The molecule has 9 nitrogen and oxygen atoms in total. The lowest BCUT2D eigenvalue weighted by Gasteiger charge is -2.34. The van der Waals surface area contributed by atoms with Crippen LogP contribution < -0.4 is 19.1 Å².